The molecule has 1 saturated heterocycles. The number of nitrogens with zero attached hydrogens (tertiary/aromatic N) is 1. The Morgan fingerprint density at radius 2 is 2.25 bits per heavy atom. The van der Waals surface area contributed by atoms with Crippen LogP contribution in [-0.4, -0.2) is 23.8 Å². The van der Waals surface area contributed by atoms with Crippen LogP contribution in [0.4, 0.5) is 0 Å². The van der Waals surface area contributed by atoms with Gasteiger partial charge in [0.15, 0.2) is 0 Å². The fourth-order valence-corrected chi connectivity index (χ4v) is 0.798. The predicted molar refractivity (Wildman–Crippen MR) is 32.1 cm³/mol. The molecule has 0 bridgehead atoms. The van der Waals surface area contributed by atoms with Gasteiger partial charge in [0.2, 0.25) is 0 Å². The lowest BCUT2D eigenvalue weighted by Gasteiger charge is -2.26. The third-order valence-corrected chi connectivity index (χ3v) is 1.75. The van der Waals surface area contributed by atoms with Crippen molar-refractivity contribution in [1.29, 1.82) is 0 Å². The van der Waals surface area contributed by atoms with Crippen LogP contribution in [0.25, 0.3) is 0 Å². The molecule has 1 aliphatic heterocycles. The van der Waals surface area contributed by atoms with Crippen LogP contribution in [0.1, 0.15) is 13.8 Å². The molecule has 0 amide bonds. The van der Waals surface area contributed by atoms with Crippen molar-refractivity contribution in [3.63, 3.8) is 0 Å². The molecule has 1 heterocycles. The van der Waals surface area contributed by atoms with E-state index in [9.17, 15) is 5.21 Å². The quantitative estimate of drug-likeness (QED) is 0.487. The minimum absolute atomic E-state index is 0.148. The second kappa shape index (κ2) is 2.01. The van der Waals surface area contributed by atoms with Gasteiger partial charge in [0.25, 0.3) is 0 Å². The molecule has 0 aromatic rings. The third-order valence-electron chi connectivity index (χ3n) is 1.75. The predicted octanol–water partition coefficient (Wildman–Crippen LogP) is 0.124. The Morgan fingerprint density at radius 1 is 1.62 bits per heavy atom. The van der Waals surface area contributed by atoms with E-state index < -0.39 is 0 Å². The van der Waals surface area contributed by atoms with E-state index >= 15 is 0 Å². The largest absolute Gasteiger partial charge is 0.784 e. The van der Waals surface area contributed by atoms with Crippen molar-refractivity contribution in [1.82, 2.24) is 10.4 Å². The lowest BCUT2D eigenvalue weighted by molar-refractivity contribution is 0.362. The first-order valence-electron chi connectivity index (χ1n) is 2.89. The smallest absolute Gasteiger partial charge is 0.0369 e. The van der Waals surface area contributed by atoms with Gasteiger partial charge >= 0.3 is 0 Å². The average Bonchev–Trinajstić information content (AvgIpc) is 1.98. The first-order valence-corrected chi connectivity index (χ1v) is 2.89. The van der Waals surface area contributed by atoms with E-state index in [0.29, 0.717) is 12.7 Å². The molecule has 2 atom stereocenters. The summed E-state index contributed by atoms with van der Waals surface area (Å²) >= 11 is 0. The first kappa shape index (κ1) is 6.01. The molecule has 0 saturated carbocycles. The lowest BCUT2D eigenvalue weighted by atomic mass is 10.2. The van der Waals surface area contributed by atoms with E-state index in [1.807, 2.05) is 13.8 Å². The highest BCUT2D eigenvalue weighted by molar-refractivity contribution is 4.83. The summed E-state index contributed by atoms with van der Waals surface area (Å²) in [6.07, 6.45) is 0. The van der Waals surface area contributed by atoms with Gasteiger partial charge in [0, 0.05) is 18.8 Å². The topological polar surface area (TPSA) is 38.3 Å². The minimum atomic E-state index is 0.148. The molecule has 1 fully saturated rings. The molecule has 0 aromatic carbocycles. The van der Waals surface area contributed by atoms with Gasteiger partial charge in [-0.15, -0.1) is 0 Å². The van der Waals surface area contributed by atoms with Crippen molar-refractivity contribution < 1.29 is 0 Å². The zero-order valence-corrected chi connectivity index (χ0v) is 5.22. The van der Waals surface area contributed by atoms with Crippen molar-refractivity contribution in [2.45, 2.75) is 25.9 Å². The summed E-state index contributed by atoms with van der Waals surface area (Å²) in [5, 5.41) is 14.7. The van der Waals surface area contributed by atoms with Crippen molar-refractivity contribution in [2.24, 2.45) is 0 Å². The van der Waals surface area contributed by atoms with Gasteiger partial charge in [-0.2, -0.15) is 0 Å². The molecule has 0 radical (unpaired) electrons. The normalized spacial score (nSPS) is 40.9. The fraction of sp³-hybridized carbons (Fsp3) is 1.00. The fourth-order valence-electron chi connectivity index (χ4n) is 0.798. The number of hydrogen-bond donors (Lipinski definition) is 1. The highest BCUT2D eigenvalue weighted by Crippen LogP contribution is 2.06. The zero-order chi connectivity index (χ0) is 6.15. The highest BCUT2D eigenvalue weighted by Gasteiger charge is 2.18. The Bertz CT molecular complexity index is 76.5. The number of rotatable bonds is 0. The number of nitrogens with one attached hydrogen (secondary N) is 1. The molecule has 0 aromatic heterocycles. The molecule has 1 N–H and O–H groups in total. The molecule has 0 spiro atoms. The monoisotopic (exact) mass is 115 g/mol. The molecule has 1 rings (SSSR count). The van der Waals surface area contributed by atoms with Crippen LogP contribution in [0, 0.1) is 5.21 Å². The van der Waals surface area contributed by atoms with Gasteiger partial charge in [-0.25, -0.2) is 0 Å². The van der Waals surface area contributed by atoms with Crippen LogP contribution in [-0.2, 0) is 0 Å². The van der Waals surface area contributed by atoms with Crippen LogP contribution in [0.3, 0.4) is 0 Å². The molecular weight excluding hydrogens is 104 g/mol. The Hall–Kier alpha value is -0.120. The Balaban J connectivity index is 2.44. The molecule has 3 heteroatoms. The number of hydroxylamine groups is 2. The third kappa shape index (κ3) is 0.844. The lowest BCUT2D eigenvalue weighted by Crippen LogP contribution is -2.27. The van der Waals surface area contributed by atoms with Gasteiger partial charge in [-0.1, -0.05) is 0 Å². The van der Waals surface area contributed by atoms with E-state index in [1.54, 1.807) is 0 Å². The second-order valence-electron chi connectivity index (χ2n) is 2.31. The van der Waals surface area contributed by atoms with E-state index in [4.69, 9.17) is 0 Å². The van der Waals surface area contributed by atoms with E-state index in [-0.39, 0.29) is 6.04 Å². The van der Waals surface area contributed by atoms with Gasteiger partial charge in [-0.3, -0.25) is 0 Å². The highest BCUT2D eigenvalue weighted by atomic mass is 16.5. The summed E-state index contributed by atoms with van der Waals surface area (Å²) in [4.78, 5) is 0. The van der Waals surface area contributed by atoms with Crippen LogP contribution < -0.4 is 5.32 Å². The average molecular weight is 115 g/mol. The van der Waals surface area contributed by atoms with E-state index in [1.165, 1.54) is 0 Å². The second-order valence-corrected chi connectivity index (χ2v) is 2.31. The maximum atomic E-state index is 10.6. The van der Waals surface area contributed by atoms with Gasteiger partial charge < -0.3 is 15.6 Å². The SMILES string of the molecule is CC1NCN([O-])C1C. The summed E-state index contributed by atoms with van der Waals surface area (Å²) in [6, 6.07) is 0.502. The molecule has 2 unspecified atom stereocenters. The Morgan fingerprint density at radius 3 is 2.38 bits per heavy atom. The van der Waals surface area contributed by atoms with Crippen LogP contribution in [0.2, 0.25) is 0 Å². The molecule has 8 heavy (non-hydrogen) atoms. The maximum Gasteiger partial charge on any atom is 0.0369 e. The van der Waals surface area contributed by atoms with E-state index in [0.717, 1.165) is 5.06 Å². The van der Waals surface area contributed by atoms with Gasteiger partial charge in [0.1, 0.15) is 0 Å². The molecule has 48 valence electrons. The minimum Gasteiger partial charge on any atom is -0.784 e. The molecule has 0 aliphatic carbocycles. The summed E-state index contributed by atoms with van der Waals surface area (Å²) < 4.78 is 0. The van der Waals surface area contributed by atoms with Crippen molar-refractivity contribution in [3.8, 4) is 0 Å². The zero-order valence-electron chi connectivity index (χ0n) is 5.22. The Labute approximate surface area is 49.3 Å². The summed E-state index contributed by atoms with van der Waals surface area (Å²) in [5.41, 5.74) is 0. The summed E-state index contributed by atoms with van der Waals surface area (Å²) in [6.45, 7) is 4.43. The van der Waals surface area contributed by atoms with Crippen molar-refractivity contribution in [2.75, 3.05) is 6.67 Å². The summed E-state index contributed by atoms with van der Waals surface area (Å²) in [5.74, 6) is 0. The Kier molecular flexibility index (Phi) is 1.51. The van der Waals surface area contributed by atoms with Crippen molar-refractivity contribution in [3.05, 3.63) is 5.21 Å². The first-order chi connectivity index (χ1) is 3.72. The van der Waals surface area contributed by atoms with E-state index in [2.05, 4.69) is 5.32 Å². The van der Waals surface area contributed by atoms with Gasteiger partial charge in [0.05, 0.1) is 0 Å². The number of hydrogen-bond acceptors (Lipinski definition) is 3. The van der Waals surface area contributed by atoms with Crippen LogP contribution in [0.5, 0.6) is 0 Å². The molecular formula is C5H11N2O-. The standard InChI is InChI=1S/C5H11N2O/c1-4-5(2)7(8)3-6-4/h4-6H,3H2,1-2H3/q-1. The van der Waals surface area contributed by atoms with Gasteiger partial charge in [-0.05, 0) is 13.8 Å². The van der Waals surface area contributed by atoms with Crippen LogP contribution in [0.15, 0.2) is 0 Å². The van der Waals surface area contributed by atoms with Crippen LogP contribution >= 0.6 is 0 Å². The molecule has 3 nitrogen and oxygen atoms in total. The van der Waals surface area contributed by atoms with Crippen molar-refractivity contribution >= 4 is 0 Å². The molecule has 1 aliphatic rings. The summed E-state index contributed by atoms with van der Waals surface area (Å²) in [7, 11) is 0. The maximum absolute atomic E-state index is 10.6.